The number of anilines is 2. The lowest BCUT2D eigenvalue weighted by atomic mass is 10.1. The van der Waals surface area contributed by atoms with Crippen LogP contribution >= 0.6 is 0 Å². The molecule has 8 nitrogen and oxygen atoms in total. The second-order valence-corrected chi connectivity index (χ2v) is 8.84. The molecule has 5 rings (SSSR count). The SMILES string of the molecule is Cc1cc(C)n(CC(=O)N2CCN(c3ccccc3C(=O)Nc3cnc4ccccc4c3)CC2)n1. The smallest absolute Gasteiger partial charge is 0.257 e. The Morgan fingerprint density at radius 3 is 2.46 bits per heavy atom. The number of fused-ring (bicyclic) bond motifs is 1. The number of carbonyl (C=O) groups is 2. The Labute approximate surface area is 204 Å². The zero-order valence-electron chi connectivity index (χ0n) is 19.9. The monoisotopic (exact) mass is 468 g/mol. The maximum atomic E-state index is 13.2. The zero-order chi connectivity index (χ0) is 24.4. The van der Waals surface area contributed by atoms with E-state index >= 15 is 0 Å². The van der Waals surface area contributed by atoms with Crippen molar-refractivity contribution in [3.63, 3.8) is 0 Å². The number of nitrogens with one attached hydrogen (secondary N) is 1. The highest BCUT2D eigenvalue weighted by Crippen LogP contribution is 2.24. The van der Waals surface area contributed by atoms with Gasteiger partial charge in [-0.3, -0.25) is 19.3 Å². The third-order valence-electron chi connectivity index (χ3n) is 6.36. The zero-order valence-corrected chi connectivity index (χ0v) is 19.9. The molecule has 0 atom stereocenters. The minimum atomic E-state index is -0.180. The topological polar surface area (TPSA) is 83.4 Å². The van der Waals surface area contributed by atoms with Crippen LogP contribution in [0.1, 0.15) is 21.7 Å². The molecule has 2 aromatic carbocycles. The number of pyridine rings is 1. The second-order valence-electron chi connectivity index (χ2n) is 8.84. The number of hydrogen-bond acceptors (Lipinski definition) is 5. The normalized spacial score (nSPS) is 13.8. The van der Waals surface area contributed by atoms with Crippen LogP contribution in [0.3, 0.4) is 0 Å². The summed E-state index contributed by atoms with van der Waals surface area (Å²) in [5.41, 5.74) is 4.90. The predicted octanol–water partition coefficient (Wildman–Crippen LogP) is 3.65. The van der Waals surface area contributed by atoms with Crippen LogP contribution < -0.4 is 10.2 Å². The van der Waals surface area contributed by atoms with E-state index in [-0.39, 0.29) is 18.4 Å². The third kappa shape index (κ3) is 4.87. The molecule has 1 aliphatic rings. The Morgan fingerprint density at radius 2 is 1.69 bits per heavy atom. The van der Waals surface area contributed by atoms with E-state index in [4.69, 9.17) is 0 Å². The summed E-state index contributed by atoms with van der Waals surface area (Å²) in [4.78, 5) is 34.5. The fourth-order valence-corrected chi connectivity index (χ4v) is 4.54. The van der Waals surface area contributed by atoms with Gasteiger partial charge in [-0.05, 0) is 44.2 Å². The molecule has 0 saturated carbocycles. The van der Waals surface area contributed by atoms with Crippen molar-refractivity contribution in [1.82, 2.24) is 19.7 Å². The van der Waals surface area contributed by atoms with Crippen molar-refractivity contribution in [3.8, 4) is 0 Å². The Morgan fingerprint density at radius 1 is 0.943 bits per heavy atom. The molecule has 0 unspecified atom stereocenters. The van der Waals surface area contributed by atoms with E-state index in [1.165, 1.54) is 0 Å². The molecule has 1 N–H and O–H groups in total. The molecule has 0 aliphatic carbocycles. The van der Waals surface area contributed by atoms with Gasteiger partial charge in [0.2, 0.25) is 5.91 Å². The number of benzene rings is 2. The van der Waals surface area contributed by atoms with Crippen molar-refractivity contribution >= 4 is 34.1 Å². The van der Waals surface area contributed by atoms with Crippen LogP contribution in [0.15, 0.2) is 66.9 Å². The number of piperazine rings is 1. The lowest BCUT2D eigenvalue weighted by Gasteiger charge is -2.37. The number of amides is 2. The summed E-state index contributed by atoms with van der Waals surface area (Å²) >= 11 is 0. The molecule has 1 saturated heterocycles. The molecule has 0 bridgehead atoms. The minimum absolute atomic E-state index is 0.0608. The van der Waals surface area contributed by atoms with E-state index < -0.39 is 0 Å². The second kappa shape index (κ2) is 9.58. The Kier molecular flexibility index (Phi) is 6.18. The van der Waals surface area contributed by atoms with Gasteiger partial charge in [0, 0.05) is 42.9 Å². The first kappa shape index (κ1) is 22.6. The first-order chi connectivity index (χ1) is 17.0. The molecule has 1 aliphatic heterocycles. The average molecular weight is 469 g/mol. The number of aromatic nitrogens is 3. The number of hydrogen-bond donors (Lipinski definition) is 1. The Bertz CT molecular complexity index is 1390. The number of carbonyl (C=O) groups excluding carboxylic acids is 2. The van der Waals surface area contributed by atoms with E-state index in [1.54, 1.807) is 10.9 Å². The summed E-state index contributed by atoms with van der Waals surface area (Å²) in [7, 11) is 0. The molecular weight excluding hydrogens is 440 g/mol. The van der Waals surface area contributed by atoms with Crippen LogP contribution in [0, 0.1) is 13.8 Å². The fourth-order valence-electron chi connectivity index (χ4n) is 4.54. The summed E-state index contributed by atoms with van der Waals surface area (Å²) < 4.78 is 1.76. The molecule has 178 valence electrons. The highest BCUT2D eigenvalue weighted by molar-refractivity contribution is 6.08. The highest BCUT2D eigenvalue weighted by Gasteiger charge is 2.24. The van der Waals surface area contributed by atoms with Crippen LogP contribution in [-0.4, -0.2) is 57.7 Å². The van der Waals surface area contributed by atoms with Gasteiger partial charge in [0.25, 0.3) is 5.91 Å². The molecule has 4 aromatic rings. The van der Waals surface area contributed by atoms with Crippen LogP contribution in [-0.2, 0) is 11.3 Å². The highest BCUT2D eigenvalue weighted by atomic mass is 16.2. The van der Waals surface area contributed by atoms with Gasteiger partial charge >= 0.3 is 0 Å². The van der Waals surface area contributed by atoms with Gasteiger partial charge in [-0.2, -0.15) is 5.10 Å². The number of nitrogens with zero attached hydrogens (tertiary/aromatic N) is 5. The maximum Gasteiger partial charge on any atom is 0.257 e. The summed E-state index contributed by atoms with van der Waals surface area (Å²) in [5.74, 6) is -0.119. The molecule has 2 amide bonds. The molecular formula is C27H28N6O2. The van der Waals surface area contributed by atoms with Crippen molar-refractivity contribution in [2.24, 2.45) is 0 Å². The van der Waals surface area contributed by atoms with E-state index in [2.05, 4.69) is 20.3 Å². The van der Waals surface area contributed by atoms with Crippen LogP contribution in [0.25, 0.3) is 10.9 Å². The van der Waals surface area contributed by atoms with Gasteiger partial charge in [0.05, 0.1) is 28.7 Å². The number of para-hydroxylation sites is 2. The van der Waals surface area contributed by atoms with Gasteiger partial charge in [-0.25, -0.2) is 0 Å². The van der Waals surface area contributed by atoms with Crippen molar-refractivity contribution < 1.29 is 9.59 Å². The van der Waals surface area contributed by atoms with Gasteiger partial charge in [-0.15, -0.1) is 0 Å². The Hall–Kier alpha value is -4.20. The predicted molar refractivity (Wildman–Crippen MR) is 137 cm³/mol. The average Bonchev–Trinajstić information content (AvgIpc) is 3.20. The molecule has 0 radical (unpaired) electrons. The summed E-state index contributed by atoms with van der Waals surface area (Å²) in [6.45, 7) is 6.65. The van der Waals surface area contributed by atoms with Gasteiger partial charge < -0.3 is 15.1 Å². The van der Waals surface area contributed by atoms with Crippen LogP contribution in [0.2, 0.25) is 0 Å². The van der Waals surface area contributed by atoms with E-state index in [0.717, 1.165) is 28.0 Å². The van der Waals surface area contributed by atoms with Gasteiger partial charge in [0.1, 0.15) is 6.54 Å². The standard InChI is InChI=1S/C27H28N6O2/c1-19-15-20(2)33(30-19)18-26(34)32-13-11-31(12-14-32)25-10-6-4-8-23(25)27(35)29-22-16-21-7-3-5-9-24(21)28-17-22/h3-10,15-17H,11-14,18H2,1-2H3,(H,29,35). The Balaban J connectivity index is 1.25. The summed E-state index contributed by atoms with van der Waals surface area (Å²) in [6, 6.07) is 19.3. The van der Waals surface area contributed by atoms with Gasteiger partial charge in [-0.1, -0.05) is 30.3 Å². The molecule has 3 heterocycles. The van der Waals surface area contributed by atoms with Crippen LogP contribution in [0.4, 0.5) is 11.4 Å². The molecule has 2 aromatic heterocycles. The molecule has 8 heteroatoms. The van der Waals surface area contributed by atoms with E-state index in [9.17, 15) is 9.59 Å². The lowest BCUT2D eigenvalue weighted by Crippen LogP contribution is -2.50. The molecule has 0 spiro atoms. The summed E-state index contributed by atoms with van der Waals surface area (Å²) in [6.07, 6.45) is 1.68. The third-order valence-corrected chi connectivity index (χ3v) is 6.36. The first-order valence-electron chi connectivity index (χ1n) is 11.8. The van der Waals surface area contributed by atoms with Crippen molar-refractivity contribution in [2.45, 2.75) is 20.4 Å². The van der Waals surface area contributed by atoms with Crippen LogP contribution in [0.5, 0.6) is 0 Å². The quantitative estimate of drug-likeness (QED) is 0.483. The van der Waals surface area contributed by atoms with Crippen molar-refractivity contribution in [2.75, 3.05) is 36.4 Å². The van der Waals surface area contributed by atoms with Gasteiger partial charge in [0.15, 0.2) is 0 Å². The number of rotatable bonds is 5. The van der Waals surface area contributed by atoms with Crippen molar-refractivity contribution in [1.29, 1.82) is 0 Å². The first-order valence-corrected chi connectivity index (χ1v) is 11.8. The molecule has 1 fully saturated rings. The minimum Gasteiger partial charge on any atom is -0.367 e. The van der Waals surface area contributed by atoms with E-state index in [0.29, 0.717) is 37.4 Å². The lowest BCUT2D eigenvalue weighted by molar-refractivity contribution is -0.132. The maximum absolute atomic E-state index is 13.2. The number of aryl methyl sites for hydroxylation is 2. The largest absolute Gasteiger partial charge is 0.367 e. The van der Waals surface area contributed by atoms with E-state index in [1.807, 2.05) is 79.4 Å². The summed E-state index contributed by atoms with van der Waals surface area (Å²) in [5, 5.41) is 8.36. The fraction of sp³-hybridized carbons (Fsp3) is 0.259. The van der Waals surface area contributed by atoms with Crippen molar-refractivity contribution in [3.05, 3.63) is 83.8 Å². The molecule has 35 heavy (non-hydrogen) atoms.